The number of esters is 2. The monoisotopic (exact) mass is 409 g/mol. The lowest BCUT2D eigenvalue weighted by Gasteiger charge is -2.29. The van der Waals surface area contributed by atoms with E-state index >= 15 is 0 Å². The number of carbonyl (C=O) groups excluding carboxylic acids is 2. The second-order valence-corrected chi connectivity index (χ2v) is 6.25. The standard InChI is InChI=1S/C22H23N3O5/c1-4-28-10-11-30-21(26)18-14(3)25-17(13-24)20(22(27)29-5-2)19(18)16-9-7-6-8-15(16)12-23/h6-9,19,25H,4-5,10-11H2,1-3H3. The fourth-order valence-electron chi connectivity index (χ4n) is 3.19. The van der Waals surface area contributed by atoms with Crippen LogP contribution in [-0.4, -0.2) is 38.4 Å². The van der Waals surface area contributed by atoms with Gasteiger partial charge in [-0.05, 0) is 32.4 Å². The fourth-order valence-corrected chi connectivity index (χ4v) is 3.19. The highest BCUT2D eigenvalue weighted by Gasteiger charge is 2.40. The molecule has 1 unspecified atom stereocenters. The number of rotatable bonds is 8. The van der Waals surface area contributed by atoms with Crippen molar-refractivity contribution in [2.24, 2.45) is 0 Å². The van der Waals surface area contributed by atoms with Crippen LogP contribution >= 0.6 is 0 Å². The lowest BCUT2D eigenvalue weighted by molar-refractivity contribution is -0.141. The van der Waals surface area contributed by atoms with Crippen LogP contribution in [0.15, 0.2) is 46.8 Å². The van der Waals surface area contributed by atoms with Crippen LogP contribution in [0, 0.1) is 22.7 Å². The van der Waals surface area contributed by atoms with Gasteiger partial charge in [0.1, 0.15) is 18.4 Å². The largest absolute Gasteiger partial charge is 0.463 e. The van der Waals surface area contributed by atoms with Crippen molar-refractivity contribution in [2.75, 3.05) is 26.4 Å². The van der Waals surface area contributed by atoms with Gasteiger partial charge < -0.3 is 19.5 Å². The third-order valence-corrected chi connectivity index (χ3v) is 4.45. The molecule has 1 aliphatic heterocycles. The third kappa shape index (κ3) is 4.86. The normalized spacial score (nSPS) is 15.7. The number of nitrogens with one attached hydrogen (secondary N) is 1. The molecule has 1 atom stereocenters. The lowest BCUT2D eigenvalue weighted by Crippen LogP contribution is -2.33. The van der Waals surface area contributed by atoms with Crippen molar-refractivity contribution in [3.05, 3.63) is 57.9 Å². The van der Waals surface area contributed by atoms with Gasteiger partial charge in [-0.1, -0.05) is 18.2 Å². The molecule has 0 fully saturated rings. The summed E-state index contributed by atoms with van der Waals surface area (Å²) in [6.07, 6.45) is 0. The highest BCUT2D eigenvalue weighted by atomic mass is 16.6. The molecule has 8 nitrogen and oxygen atoms in total. The van der Waals surface area contributed by atoms with Gasteiger partial charge in [-0.2, -0.15) is 10.5 Å². The van der Waals surface area contributed by atoms with Gasteiger partial charge in [0.15, 0.2) is 0 Å². The first kappa shape index (κ1) is 22.7. The van der Waals surface area contributed by atoms with Crippen molar-refractivity contribution in [2.45, 2.75) is 26.7 Å². The van der Waals surface area contributed by atoms with Crippen LogP contribution in [0.1, 0.15) is 37.8 Å². The zero-order chi connectivity index (χ0) is 22.1. The van der Waals surface area contributed by atoms with Gasteiger partial charge >= 0.3 is 11.9 Å². The lowest BCUT2D eigenvalue weighted by atomic mass is 9.78. The molecular weight excluding hydrogens is 386 g/mol. The maximum atomic E-state index is 13.0. The molecule has 30 heavy (non-hydrogen) atoms. The number of ether oxygens (including phenoxy) is 3. The van der Waals surface area contributed by atoms with E-state index in [0.29, 0.717) is 17.9 Å². The first-order chi connectivity index (χ1) is 14.5. The molecule has 1 N–H and O–H groups in total. The molecule has 0 bridgehead atoms. The zero-order valence-corrected chi connectivity index (χ0v) is 17.2. The van der Waals surface area contributed by atoms with E-state index in [-0.39, 0.29) is 42.2 Å². The molecular formula is C22H23N3O5. The van der Waals surface area contributed by atoms with E-state index in [1.54, 1.807) is 38.1 Å². The Morgan fingerprint density at radius 1 is 1.00 bits per heavy atom. The van der Waals surface area contributed by atoms with E-state index in [1.165, 1.54) is 0 Å². The first-order valence-corrected chi connectivity index (χ1v) is 9.53. The van der Waals surface area contributed by atoms with Crippen LogP contribution in [0.2, 0.25) is 0 Å². The summed E-state index contributed by atoms with van der Waals surface area (Å²) in [6, 6.07) is 10.6. The average Bonchev–Trinajstić information content (AvgIpc) is 2.75. The Balaban J connectivity index is 2.62. The van der Waals surface area contributed by atoms with Crippen LogP contribution in [0.5, 0.6) is 0 Å². The topological polar surface area (TPSA) is 121 Å². The Morgan fingerprint density at radius 2 is 1.70 bits per heavy atom. The summed E-state index contributed by atoms with van der Waals surface area (Å²) in [4.78, 5) is 25.7. The molecule has 1 aromatic rings. The minimum Gasteiger partial charge on any atom is -0.463 e. The van der Waals surface area contributed by atoms with Gasteiger partial charge in [0.25, 0.3) is 0 Å². The Hall–Kier alpha value is -3.62. The smallest absolute Gasteiger partial charge is 0.337 e. The molecule has 1 aliphatic rings. The molecule has 0 spiro atoms. The van der Waals surface area contributed by atoms with E-state index in [1.807, 2.05) is 13.0 Å². The molecule has 0 radical (unpaired) electrons. The Kier molecular flexibility index (Phi) is 8.16. The highest BCUT2D eigenvalue weighted by molar-refractivity contribution is 6.00. The van der Waals surface area contributed by atoms with Gasteiger partial charge in [-0.3, -0.25) is 0 Å². The Bertz CT molecular complexity index is 966. The maximum absolute atomic E-state index is 13.0. The van der Waals surface area contributed by atoms with E-state index in [0.717, 1.165) is 0 Å². The van der Waals surface area contributed by atoms with Gasteiger partial charge in [-0.25, -0.2) is 9.59 Å². The summed E-state index contributed by atoms with van der Waals surface area (Å²) in [5.41, 5.74) is 1.11. The van der Waals surface area contributed by atoms with Crippen molar-refractivity contribution in [3.63, 3.8) is 0 Å². The Labute approximate surface area is 175 Å². The minimum absolute atomic E-state index is 0.0274. The Morgan fingerprint density at radius 3 is 2.33 bits per heavy atom. The number of benzene rings is 1. The SMILES string of the molecule is CCOCCOC(=O)C1=C(C)NC(C#N)=C(C(=O)OCC)C1c1ccccc1C#N. The second kappa shape index (κ2) is 10.8. The average molecular weight is 409 g/mol. The summed E-state index contributed by atoms with van der Waals surface area (Å²) in [5.74, 6) is -2.40. The van der Waals surface area contributed by atoms with Crippen LogP contribution in [0.3, 0.4) is 0 Å². The van der Waals surface area contributed by atoms with Crippen LogP contribution in [-0.2, 0) is 23.8 Å². The van der Waals surface area contributed by atoms with Crippen molar-refractivity contribution >= 4 is 11.9 Å². The van der Waals surface area contributed by atoms with E-state index < -0.39 is 17.9 Å². The second-order valence-electron chi connectivity index (χ2n) is 6.25. The van der Waals surface area contributed by atoms with Gasteiger partial charge in [-0.15, -0.1) is 0 Å². The molecule has 1 heterocycles. The van der Waals surface area contributed by atoms with Crippen molar-refractivity contribution in [1.29, 1.82) is 10.5 Å². The van der Waals surface area contributed by atoms with E-state index in [9.17, 15) is 20.1 Å². The highest BCUT2D eigenvalue weighted by Crippen LogP contribution is 2.40. The number of hydrogen-bond donors (Lipinski definition) is 1. The van der Waals surface area contributed by atoms with Gasteiger partial charge in [0.05, 0.1) is 41.9 Å². The summed E-state index contributed by atoms with van der Waals surface area (Å²) in [5, 5.41) is 22.0. The molecule has 1 aromatic carbocycles. The summed E-state index contributed by atoms with van der Waals surface area (Å²) in [7, 11) is 0. The van der Waals surface area contributed by atoms with Crippen LogP contribution < -0.4 is 5.32 Å². The molecule has 0 saturated heterocycles. The molecule has 0 amide bonds. The molecule has 156 valence electrons. The minimum atomic E-state index is -0.990. The fraction of sp³-hybridized carbons (Fsp3) is 0.364. The summed E-state index contributed by atoms with van der Waals surface area (Å²) >= 11 is 0. The van der Waals surface area contributed by atoms with E-state index in [2.05, 4.69) is 11.4 Å². The summed E-state index contributed by atoms with van der Waals surface area (Å²) in [6.45, 7) is 5.91. The molecule has 8 heteroatoms. The van der Waals surface area contributed by atoms with Crippen molar-refractivity contribution < 1.29 is 23.8 Å². The van der Waals surface area contributed by atoms with Crippen molar-refractivity contribution in [3.8, 4) is 12.1 Å². The molecule has 0 aromatic heterocycles. The number of nitrogens with zero attached hydrogens (tertiary/aromatic N) is 2. The van der Waals surface area contributed by atoms with Crippen molar-refractivity contribution in [1.82, 2.24) is 5.32 Å². The number of nitriles is 2. The molecule has 0 saturated carbocycles. The van der Waals surface area contributed by atoms with Crippen LogP contribution in [0.4, 0.5) is 0 Å². The first-order valence-electron chi connectivity index (χ1n) is 9.53. The van der Waals surface area contributed by atoms with Gasteiger partial charge in [0.2, 0.25) is 0 Å². The predicted molar refractivity (Wildman–Crippen MR) is 106 cm³/mol. The number of hydrogen-bond acceptors (Lipinski definition) is 8. The number of allylic oxidation sites excluding steroid dienone is 2. The summed E-state index contributed by atoms with van der Waals surface area (Å²) < 4.78 is 15.7. The van der Waals surface area contributed by atoms with E-state index in [4.69, 9.17) is 14.2 Å². The predicted octanol–water partition coefficient (Wildman–Crippen LogP) is 2.44. The third-order valence-electron chi connectivity index (χ3n) is 4.45. The quantitative estimate of drug-likeness (QED) is 0.513. The molecule has 0 aliphatic carbocycles. The van der Waals surface area contributed by atoms with Gasteiger partial charge in [0, 0.05) is 12.3 Å². The molecule has 2 rings (SSSR count). The maximum Gasteiger partial charge on any atom is 0.337 e. The number of carbonyl (C=O) groups is 2. The zero-order valence-electron chi connectivity index (χ0n) is 17.2. The van der Waals surface area contributed by atoms with Crippen LogP contribution in [0.25, 0.3) is 0 Å². The number of dihydropyridines is 1.